The first-order valence-corrected chi connectivity index (χ1v) is 23.1. The first-order valence-electron chi connectivity index (χ1n) is 16.8. The van der Waals surface area contributed by atoms with Gasteiger partial charge in [-0.1, -0.05) is 0 Å². The zero-order valence-corrected chi connectivity index (χ0v) is 32.4. The molecule has 2 unspecified atom stereocenters. The minimum absolute atomic E-state index is 0. The summed E-state index contributed by atoms with van der Waals surface area (Å²) < 4.78 is 15.2. The second kappa shape index (κ2) is 14.5. The summed E-state index contributed by atoms with van der Waals surface area (Å²) in [4.78, 5) is 0. The van der Waals surface area contributed by atoms with Crippen molar-refractivity contribution < 1.29 is 54.6 Å². The van der Waals surface area contributed by atoms with Crippen molar-refractivity contribution in [2.24, 2.45) is 11.8 Å². The molecule has 0 saturated carbocycles. The molecule has 3 aliphatic rings. The number of fused-ring (bicyclic) bond motifs is 2. The van der Waals surface area contributed by atoms with Crippen molar-refractivity contribution in [2.75, 3.05) is 14.2 Å². The molecule has 2 aliphatic carbocycles. The number of hydrogen-bond donors (Lipinski definition) is 0. The molecular formula is C42H46Cl2O2Zr. The van der Waals surface area contributed by atoms with Gasteiger partial charge in [0.15, 0.2) is 0 Å². The summed E-state index contributed by atoms with van der Waals surface area (Å²) in [6.07, 6.45) is 7.64. The molecule has 0 N–H and O–H groups in total. The van der Waals surface area contributed by atoms with Crippen LogP contribution >= 0.6 is 0 Å². The molecule has 1 heterocycles. The van der Waals surface area contributed by atoms with Crippen LogP contribution in [0.3, 0.4) is 0 Å². The van der Waals surface area contributed by atoms with Crippen molar-refractivity contribution in [1.29, 1.82) is 0 Å². The standard InChI is InChI=1S/2C20H21O.C2H4.2ClH.Zr/c2*1-14(2)11-15-12-17-5-4-6-19(20(17)13-15)16-7-9-18(21-3)10-8-16;1-2;;;/h2*4-10,12-14H,11H2,1-3H3;1-2H2;2*1H;/q;;;;;+2/p-2. The molecule has 4 aromatic rings. The summed E-state index contributed by atoms with van der Waals surface area (Å²) in [5.41, 5.74) is 14.9. The number of allylic oxidation sites excluding steroid dienone is 2. The predicted octanol–water partition coefficient (Wildman–Crippen LogP) is 5.72. The molecule has 5 heteroatoms. The molecule has 0 bridgehead atoms. The Kier molecular flexibility index (Phi) is 11.0. The van der Waals surface area contributed by atoms with Crippen molar-refractivity contribution in [3.63, 3.8) is 0 Å². The monoisotopic (exact) mass is 742 g/mol. The third kappa shape index (κ3) is 6.58. The number of halogens is 2. The molecule has 0 radical (unpaired) electrons. The Balaban J connectivity index is 0.00000217. The normalized spacial score (nSPS) is 17.8. The van der Waals surface area contributed by atoms with Crippen LogP contribution < -0.4 is 34.3 Å². The maximum Gasteiger partial charge on any atom is -1.00 e. The zero-order chi connectivity index (χ0) is 31.3. The van der Waals surface area contributed by atoms with Crippen molar-refractivity contribution in [3.05, 3.63) is 118 Å². The van der Waals surface area contributed by atoms with Crippen LogP contribution in [-0.4, -0.2) is 14.2 Å². The van der Waals surface area contributed by atoms with E-state index < -0.39 is 20.3 Å². The Labute approximate surface area is 298 Å². The first kappa shape index (κ1) is 35.7. The second-order valence-corrected chi connectivity index (χ2v) is 25.7. The van der Waals surface area contributed by atoms with Crippen LogP contribution in [0, 0.1) is 11.8 Å². The number of ether oxygens (including phenoxy) is 2. The van der Waals surface area contributed by atoms with E-state index in [4.69, 9.17) is 9.47 Å². The second-order valence-electron chi connectivity index (χ2n) is 14.3. The van der Waals surface area contributed by atoms with Crippen molar-refractivity contribution >= 4 is 12.2 Å². The summed E-state index contributed by atoms with van der Waals surface area (Å²) >= 11 is -2.83. The van der Waals surface area contributed by atoms with Gasteiger partial charge in [-0.05, 0) is 0 Å². The van der Waals surface area contributed by atoms with Crippen LogP contribution in [0.25, 0.3) is 34.4 Å². The fourth-order valence-electron chi connectivity index (χ4n) is 8.52. The molecule has 1 aliphatic heterocycles. The van der Waals surface area contributed by atoms with Crippen LogP contribution in [0.15, 0.2) is 96.1 Å². The number of hydrogen-bond acceptors (Lipinski definition) is 2. The van der Waals surface area contributed by atoms with E-state index in [-0.39, 0.29) is 24.8 Å². The average molecular weight is 745 g/mol. The third-order valence-electron chi connectivity index (χ3n) is 10.4. The van der Waals surface area contributed by atoms with Crippen LogP contribution in [0.2, 0.25) is 8.26 Å². The van der Waals surface area contributed by atoms with E-state index in [2.05, 4.69) is 125 Å². The van der Waals surface area contributed by atoms with Gasteiger partial charge in [-0.25, -0.2) is 0 Å². The smallest absolute Gasteiger partial charge is 1.00 e. The van der Waals surface area contributed by atoms with E-state index in [1.165, 1.54) is 54.5 Å². The molecule has 4 aromatic carbocycles. The first-order chi connectivity index (χ1) is 21.8. The molecule has 2 atom stereocenters. The van der Waals surface area contributed by atoms with E-state index in [0.29, 0.717) is 19.1 Å². The Morgan fingerprint density at radius 2 is 0.957 bits per heavy atom. The fourth-order valence-corrected chi connectivity index (χ4v) is 26.0. The molecule has 0 spiro atoms. The van der Waals surface area contributed by atoms with Crippen LogP contribution in [0.5, 0.6) is 11.5 Å². The molecule has 0 amide bonds. The van der Waals surface area contributed by atoms with Crippen LogP contribution in [0.1, 0.15) is 70.0 Å². The molecular weight excluding hydrogens is 699 g/mol. The minimum Gasteiger partial charge on any atom is -1.00 e. The predicted molar refractivity (Wildman–Crippen MR) is 187 cm³/mol. The molecule has 1 saturated heterocycles. The van der Waals surface area contributed by atoms with Gasteiger partial charge >= 0.3 is 276 Å². The average Bonchev–Trinajstić information content (AvgIpc) is 3.60. The van der Waals surface area contributed by atoms with Gasteiger partial charge in [0.05, 0.1) is 0 Å². The minimum atomic E-state index is -2.83. The fraction of sp³-hybridized carbons (Fsp3) is 0.333. The maximum absolute atomic E-state index is 5.48. The van der Waals surface area contributed by atoms with Gasteiger partial charge in [0.25, 0.3) is 0 Å². The Morgan fingerprint density at radius 3 is 1.28 bits per heavy atom. The molecule has 0 aromatic heterocycles. The van der Waals surface area contributed by atoms with Gasteiger partial charge in [-0.3, -0.25) is 0 Å². The molecule has 1 fully saturated rings. The van der Waals surface area contributed by atoms with Gasteiger partial charge in [-0.15, -0.1) is 0 Å². The summed E-state index contributed by atoms with van der Waals surface area (Å²) in [6, 6.07) is 31.6. The van der Waals surface area contributed by atoms with Gasteiger partial charge in [0.1, 0.15) is 0 Å². The van der Waals surface area contributed by atoms with Crippen LogP contribution in [-0.2, 0) is 20.3 Å². The zero-order valence-electron chi connectivity index (χ0n) is 28.4. The van der Waals surface area contributed by atoms with Gasteiger partial charge in [0, 0.05) is 0 Å². The van der Waals surface area contributed by atoms with E-state index >= 15 is 0 Å². The van der Waals surface area contributed by atoms with E-state index in [1.807, 2.05) is 0 Å². The van der Waals surface area contributed by atoms with Crippen molar-refractivity contribution in [3.8, 4) is 33.8 Å². The Morgan fingerprint density at radius 1 is 0.574 bits per heavy atom. The number of rotatable bonds is 10. The molecule has 7 rings (SSSR count). The summed E-state index contributed by atoms with van der Waals surface area (Å²) in [7, 11) is 3.48. The Hall–Kier alpha value is -2.58. The van der Waals surface area contributed by atoms with Gasteiger partial charge in [-0.2, -0.15) is 0 Å². The van der Waals surface area contributed by atoms with Crippen molar-refractivity contribution in [1.82, 2.24) is 0 Å². The number of benzene rings is 4. The van der Waals surface area contributed by atoms with Gasteiger partial charge < -0.3 is 24.8 Å². The van der Waals surface area contributed by atoms with Gasteiger partial charge in [0.2, 0.25) is 0 Å². The summed E-state index contributed by atoms with van der Waals surface area (Å²) in [5, 5.41) is 0. The van der Waals surface area contributed by atoms with Crippen LogP contribution in [0.4, 0.5) is 0 Å². The Bertz CT molecular complexity index is 1650. The summed E-state index contributed by atoms with van der Waals surface area (Å²) in [6.45, 7) is 9.60. The largest absolute Gasteiger partial charge is 1.00 e. The van der Waals surface area contributed by atoms with E-state index in [1.54, 1.807) is 36.5 Å². The molecule has 244 valence electrons. The van der Waals surface area contributed by atoms with Crippen molar-refractivity contribution in [2.45, 2.75) is 56.0 Å². The summed E-state index contributed by atoms with van der Waals surface area (Å²) in [5.74, 6) is 3.10. The topological polar surface area (TPSA) is 18.5 Å². The maximum atomic E-state index is 5.48. The SMILES string of the molecule is COc1ccc(-c2cccc3c2C=C(CC(C)C)[CH]3[Zr+2]2([CH]3C(CC(C)C)=Cc4c(-c5ccc(OC)cc5)cccc43)[CH2][CH2]2)cc1.[Cl-].[Cl-]. The van der Waals surface area contributed by atoms with E-state index in [0.717, 1.165) is 11.5 Å². The third-order valence-corrected chi connectivity index (χ3v) is 23.4. The molecule has 47 heavy (non-hydrogen) atoms. The molecule has 2 nitrogen and oxygen atoms in total. The van der Waals surface area contributed by atoms with E-state index in [9.17, 15) is 0 Å². The number of methoxy groups -OCH3 is 2. The quantitative estimate of drug-likeness (QED) is 0.207.